The molecule has 0 atom stereocenters. The fourth-order valence-corrected chi connectivity index (χ4v) is 3.69. The number of azo groups is 1. The van der Waals surface area contributed by atoms with E-state index in [0.717, 1.165) is 17.8 Å². The van der Waals surface area contributed by atoms with Crippen molar-refractivity contribution in [3.8, 4) is 5.75 Å². The number of aryl methyl sites for hydroxylation is 1. The van der Waals surface area contributed by atoms with E-state index < -0.39 is 5.97 Å². The van der Waals surface area contributed by atoms with E-state index in [9.17, 15) is 4.79 Å². The molecule has 35 heavy (non-hydrogen) atoms. The van der Waals surface area contributed by atoms with Gasteiger partial charge in [0.25, 0.3) is 0 Å². The van der Waals surface area contributed by atoms with Crippen molar-refractivity contribution >= 4 is 17.3 Å². The Kier molecular flexibility index (Phi) is 14.1. The zero-order valence-corrected chi connectivity index (χ0v) is 21.6. The number of benzene rings is 2. The molecule has 0 radical (unpaired) electrons. The molecule has 0 heterocycles. The number of hydrogen-bond acceptors (Lipinski definition) is 5. The smallest absolute Gasteiger partial charge is 0.333 e. The summed E-state index contributed by atoms with van der Waals surface area (Å²) >= 11 is 0. The van der Waals surface area contributed by atoms with Gasteiger partial charge in [-0.15, -0.1) is 0 Å². The Morgan fingerprint density at radius 1 is 0.743 bits per heavy atom. The maximum atomic E-state index is 11.3. The second-order valence-electron chi connectivity index (χ2n) is 9.06. The van der Waals surface area contributed by atoms with Gasteiger partial charge < -0.3 is 9.47 Å². The molecule has 2 aromatic carbocycles. The molecule has 0 saturated carbocycles. The lowest BCUT2D eigenvalue weighted by Crippen LogP contribution is -2.12. The first-order valence-electron chi connectivity index (χ1n) is 13.1. The van der Waals surface area contributed by atoms with Crippen LogP contribution in [-0.2, 0) is 16.0 Å². The highest BCUT2D eigenvalue weighted by Crippen LogP contribution is 2.22. The Bertz CT molecular complexity index is 889. The number of rotatable bonds is 18. The maximum absolute atomic E-state index is 11.3. The van der Waals surface area contributed by atoms with Crippen LogP contribution < -0.4 is 4.74 Å². The number of esters is 1. The first-order valence-corrected chi connectivity index (χ1v) is 13.1. The second-order valence-corrected chi connectivity index (χ2v) is 9.06. The first-order chi connectivity index (χ1) is 17.1. The van der Waals surface area contributed by atoms with Crippen LogP contribution in [0.4, 0.5) is 11.4 Å². The lowest BCUT2D eigenvalue weighted by Gasteiger charge is -2.07. The van der Waals surface area contributed by atoms with Crippen LogP contribution in [-0.4, -0.2) is 19.2 Å². The summed E-state index contributed by atoms with van der Waals surface area (Å²) in [4.78, 5) is 11.3. The number of ether oxygens (including phenoxy) is 2. The van der Waals surface area contributed by atoms with Gasteiger partial charge in [-0.25, -0.2) is 4.79 Å². The Morgan fingerprint density at radius 3 is 1.80 bits per heavy atom. The van der Waals surface area contributed by atoms with Crippen LogP contribution >= 0.6 is 0 Å². The van der Waals surface area contributed by atoms with Gasteiger partial charge in [0.1, 0.15) is 19.0 Å². The molecule has 0 spiro atoms. The summed E-state index contributed by atoms with van der Waals surface area (Å²) in [6.45, 7) is 7.89. The van der Waals surface area contributed by atoms with Crippen LogP contribution in [0.25, 0.3) is 0 Å². The van der Waals surface area contributed by atoms with Gasteiger partial charge in [-0.3, -0.25) is 0 Å². The van der Waals surface area contributed by atoms with Crippen LogP contribution in [0.5, 0.6) is 5.75 Å². The van der Waals surface area contributed by atoms with Crippen LogP contribution in [0.15, 0.2) is 70.9 Å². The SMILES string of the molecule is C=C(C)C(=O)OCCOc1ccc(/N=N/c2ccc(CCCCCCCCCCCC)cc2)cc1. The molecule has 0 aromatic heterocycles. The topological polar surface area (TPSA) is 60.2 Å². The van der Waals surface area contributed by atoms with Gasteiger partial charge >= 0.3 is 5.97 Å². The Morgan fingerprint density at radius 2 is 1.26 bits per heavy atom. The van der Waals surface area contributed by atoms with E-state index in [-0.39, 0.29) is 13.2 Å². The van der Waals surface area contributed by atoms with Gasteiger partial charge in [0.15, 0.2) is 0 Å². The molecule has 0 unspecified atom stereocenters. The average molecular weight is 479 g/mol. The number of nitrogens with zero attached hydrogens (tertiary/aromatic N) is 2. The highest BCUT2D eigenvalue weighted by atomic mass is 16.6. The van der Waals surface area contributed by atoms with Crippen molar-refractivity contribution in [1.82, 2.24) is 0 Å². The molecule has 0 aliphatic rings. The van der Waals surface area contributed by atoms with Crippen LogP contribution in [0.2, 0.25) is 0 Å². The molecule has 0 amide bonds. The summed E-state index contributed by atoms with van der Waals surface area (Å²) in [5.74, 6) is 0.280. The standard InChI is InChI=1S/C30H42N2O3/c1-4-5-6-7-8-9-10-11-12-13-14-26-15-17-27(18-16-26)31-32-28-19-21-29(22-20-28)34-23-24-35-30(33)25(2)3/h15-22H,2,4-14,23-24H2,1,3H3/b32-31+. The minimum absolute atomic E-state index is 0.183. The molecule has 0 aliphatic heterocycles. The van der Waals surface area contributed by atoms with E-state index in [1.54, 1.807) is 6.92 Å². The summed E-state index contributed by atoms with van der Waals surface area (Å²) in [7, 11) is 0. The third kappa shape index (κ3) is 12.9. The van der Waals surface area contributed by atoms with Crippen molar-refractivity contribution in [2.24, 2.45) is 10.2 Å². The van der Waals surface area contributed by atoms with E-state index in [0.29, 0.717) is 11.3 Å². The molecule has 2 rings (SSSR count). The molecule has 5 nitrogen and oxygen atoms in total. The third-order valence-electron chi connectivity index (χ3n) is 5.81. The molecule has 2 aromatic rings. The van der Waals surface area contributed by atoms with Gasteiger partial charge in [0, 0.05) is 5.57 Å². The van der Waals surface area contributed by atoms with Gasteiger partial charge in [-0.2, -0.15) is 10.2 Å². The number of hydrogen-bond donors (Lipinski definition) is 0. The summed E-state index contributed by atoms with van der Waals surface area (Å²) < 4.78 is 10.6. The molecular formula is C30H42N2O3. The number of carbonyl (C=O) groups is 1. The normalized spacial score (nSPS) is 11.0. The summed E-state index contributed by atoms with van der Waals surface area (Å²) in [5.41, 5.74) is 3.33. The second kappa shape index (κ2) is 17.5. The van der Waals surface area contributed by atoms with Crippen molar-refractivity contribution < 1.29 is 14.3 Å². The fraction of sp³-hybridized carbons (Fsp3) is 0.500. The first kappa shape index (κ1) is 28.3. The highest BCUT2D eigenvalue weighted by molar-refractivity contribution is 5.86. The van der Waals surface area contributed by atoms with Crippen LogP contribution in [0, 0.1) is 0 Å². The predicted octanol–water partition coefficient (Wildman–Crippen LogP) is 9.06. The third-order valence-corrected chi connectivity index (χ3v) is 5.81. The predicted molar refractivity (Wildman–Crippen MR) is 144 cm³/mol. The Labute approximate surface area is 211 Å². The summed E-state index contributed by atoms with van der Waals surface area (Å²) in [6.07, 6.45) is 14.8. The molecular weight excluding hydrogens is 436 g/mol. The van der Waals surface area contributed by atoms with E-state index >= 15 is 0 Å². The van der Waals surface area contributed by atoms with Crippen molar-refractivity contribution in [2.45, 2.75) is 84.5 Å². The van der Waals surface area contributed by atoms with Crippen LogP contribution in [0.1, 0.15) is 83.6 Å². The minimum Gasteiger partial charge on any atom is -0.490 e. The fourth-order valence-electron chi connectivity index (χ4n) is 3.69. The Balaban J connectivity index is 1.61. The monoisotopic (exact) mass is 478 g/mol. The van der Waals surface area contributed by atoms with E-state index in [1.165, 1.54) is 69.8 Å². The van der Waals surface area contributed by atoms with Gasteiger partial charge in [-0.1, -0.05) is 83.4 Å². The maximum Gasteiger partial charge on any atom is 0.333 e. The van der Waals surface area contributed by atoms with E-state index in [2.05, 4.69) is 35.9 Å². The van der Waals surface area contributed by atoms with Gasteiger partial charge in [0.05, 0.1) is 11.4 Å². The minimum atomic E-state index is -0.406. The lowest BCUT2D eigenvalue weighted by molar-refractivity contribution is -0.139. The number of unbranched alkanes of at least 4 members (excludes halogenated alkanes) is 9. The van der Waals surface area contributed by atoms with Gasteiger partial charge in [-0.05, 0) is 61.7 Å². The van der Waals surface area contributed by atoms with Crippen molar-refractivity contribution in [1.29, 1.82) is 0 Å². The quantitative estimate of drug-likeness (QED) is 0.0929. The molecule has 5 heteroatoms. The van der Waals surface area contributed by atoms with Crippen molar-refractivity contribution in [2.75, 3.05) is 13.2 Å². The van der Waals surface area contributed by atoms with E-state index in [4.69, 9.17) is 9.47 Å². The summed E-state index contributed by atoms with van der Waals surface area (Å²) in [5, 5.41) is 8.64. The van der Waals surface area contributed by atoms with Gasteiger partial charge in [0.2, 0.25) is 0 Å². The Hall–Kier alpha value is -2.95. The molecule has 0 saturated heterocycles. The lowest BCUT2D eigenvalue weighted by atomic mass is 10.0. The van der Waals surface area contributed by atoms with Crippen LogP contribution in [0.3, 0.4) is 0 Å². The zero-order chi connectivity index (χ0) is 25.1. The molecule has 0 aliphatic carbocycles. The molecule has 190 valence electrons. The van der Waals surface area contributed by atoms with Crippen molar-refractivity contribution in [3.05, 3.63) is 66.2 Å². The average Bonchev–Trinajstić information content (AvgIpc) is 2.87. The number of carbonyl (C=O) groups excluding carboxylic acids is 1. The zero-order valence-electron chi connectivity index (χ0n) is 21.6. The molecule has 0 bridgehead atoms. The van der Waals surface area contributed by atoms with E-state index in [1.807, 2.05) is 36.4 Å². The van der Waals surface area contributed by atoms with Crippen molar-refractivity contribution in [3.63, 3.8) is 0 Å². The highest BCUT2D eigenvalue weighted by Gasteiger charge is 2.03. The summed E-state index contributed by atoms with van der Waals surface area (Å²) in [6, 6.07) is 15.7. The largest absolute Gasteiger partial charge is 0.490 e. The molecule has 0 fully saturated rings. The molecule has 0 N–H and O–H groups in total.